The Labute approximate surface area is 86.0 Å². The summed E-state index contributed by atoms with van der Waals surface area (Å²) in [5.41, 5.74) is 5.67. The van der Waals surface area contributed by atoms with Gasteiger partial charge in [0.25, 0.3) is 10.2 Å². The molecular formula is C8H19N3O2S. The molecular weight excluding hydrogens is 202 g/mol. The van der Waals surface area contributed by atoms with Gasteiger partial charge in [-0.3, -0.25) is 0 Å². The van der Waals surface area contributed by atoms with Gasteiger partial charge in [-0.1, -0.05) is 6.92 Å². The molecule has 1 saturated heterocycles. The summed E-state index contributed by atoms with van der Waals surface area (Å²) in [6, 6.07) is -0.000184. The highest BCUT2D eigenvalue weighted by Gasteiger charge is 2.31. The van der Waals surface area contributed by atoms with Gasteiger partial charge in [0.2, 0.25) is 0 Å². The summed E-state index contributed by atoms with van der Waals surface area (Å²) in [7, 11) is -1.63. The molecule has 1 atom stereocenters. The van der Waals surface area contributed by atoms with Crippen LogP contribution in [0.1, 0.15) is 19.8 Å². The Morgan fingerprint density at radius 2 is 2.21 bits per heavy atom. The lowest BCUT2D eigenvalue weighted by Gasteiger charge is -2.23. The number of hydrogen-bond donors (Lipinski definition) is 1. The van der Waals surface area contributed by atoms with E-state index < -0.39 is 10.2 Å². The molecule has 0 saturated carbocycles. The van der Waals surface area contributed by atoms with Gasteiger partial charge in [-0.05, 0) is 12.8 Å². The minimum Gasteiger partial charge on any atom is -0.326 e. The fraction of sp³-hybridized carbons (Fsp3) is 1.00. The zero-order valence-electron chi connectivity index (χ0n) is 8.81. The maximum absolute atomic E-state index is 11.9. The normalized spacial score (nSPS) is 24.7. The van der Waals surface area contributed by atoms with E-state index in [9.17, 15) is 8.42 Å². The van der Waals surface area contributed by atoms with E-state index in [1.165, 1.54) is 8.61 Å². The van der Waals surface area contributed by atoms with Gasteiger partial charge < -0.3 is 5.73 Å². The molecule has 0 amide bonds. The van der Waals surface area contributed by atoms with Crippen LogP contribution in [0.25, 0.3) is 0 Å². The molecule has 1 heterocycles. The summed E-state index contributed by atoms with van der Waals surface area (Å²) >= 11 is 0. The van der Waals surface area contributed by atoms with Gasteiger partial charge in [-0.25, -0.2) is 0 Å². The second-order valence-corrected chi connectivity index (χ2v) is 5.77. The van der Waals surface area contributed by atoms with Crippen molar-refractivity contribution in [3.8, 4) is 0 Å². The molecule has 1 aliphatic rings. The number of hydrogen-bond acceptors (Lipinski definition) is 3. The lowest BCUT2D eigenvalue weighted by molar-refractivity contribution is 0.392. The smallest absolute Gasteiger partial charge is 0.281 e. The minimum atomic E-state index is -3.25. The SMILES string of the molecule is CCCN(C)S(=O)(=O)N1CC[C@H](N)C1. The predicted molar refractivity (Wildman–Crippen MR) is 56.0 cm³/mol. The van der Waals surface area contributed by atoms with Gasteiger partial charge >= 0.3 is 0 Å². The highest BCUT2D eigenvalue weighted by molar-refractivity contribution is 7.86. The van der Waals surface area contributed by atoms with Crippen molar-refractivity contribution in [3.05, 3.63) is 0 Å². The third-order valence-corrected chi connectivity index (χ3v) is 4.40. The first kappa shape index (κ1) is 11.9. The van der Waals surface area contributed by atoms with Gasteiger partial charge in [-0.2, -0.15) is 17.0 Å². The van der Waals surface area contributed by atoms with E-state index in [0.717, 1.165) is 12.8 Å². The zero-order chi connectivity index (χ0) is 10.8. The minimum absolute atomic E-state index is 0.000184. The number of nitrogens with two attached hydrogens (primary N) is 1. The molecule has 14 heavy (non-hydrogen) atoms. The molecule has 0 aliphatic carbocycles. The number of nitrogens with zero attached hydrogens (tertiary/aromatic N) is 2. The van der Waals surface area contributed by atoms with Crippen LogP contribution < -0.4 is 5.73 Å². The zero-order valence-corrected chi connectivity index (χ0v) is 9.63. The van der Waals surface area contributed by atoms with Crippen molar-refractivity contribution >= 4 is 10.2 Å². The summed E-state index contributed by atoms with van der Waals surface area (Å²) in [5, 5.41) is 0. The highest BCUT2D eigenvalue weighted by atomic mass is 32.2. The first-order chi connectivity index (χ1) is 6.48. The summed E-state index contributed by atoms with van der Waals surface area (Å²) in [6.07, 6.45) is 1.59. The lowest BCUT2D eigenvalue weighted by Crippen LogP contribution is -2.41. The van der Waals surface area contributed by atoms with Crippen LogP contribution in [0.2, 0.25) is 0 Å². The van der Waals surface area contributed by atoms with Crippen LogP contribution in [-0.2, 0) is 10.2 Å². The molecule has 6 heteroatoms. The van der Waals surface area contributed by atoms with Crippen molar-refractivity contribution in [2.45, 2.75) is 25.8 Å². The molecule has 0 aromatic rings. The average molecular weight is 221 g/mol. The van der Waals surface area contributed by atoms with Crippen molar-refractivity contribution in [3.63, 3.8) is 0 Å². The maximum atomic E-state index is 11.9. The van der Waals surface area contributed by atoms with Crippen molar-refractivity contribution in [1.29, 1.82) is 0 Å². The van der Waals surface area contributed by atoms with Gasteiger partial charge in [0, 0.05) is 32.7 Å². The van der Waals surface area contributed by atoms with Gasteiger partial charge in [-0.15, -0.1) is 0 Å². The van der Waals surface area contributed by atoms with Crippen LogP contribution in [0.4, 0.5) is 0 Å². The topological polar surface area (TPSA) is 66.6 Å². The molecule has 5 nitrogen and oxygen atoms in total. The Hall–Kier alpha value is -0.170. The molecule has 1 rings (SSSR count). The second-order valence-electron chi connectivity index (χ2n) is 3.74. The molecule has 1 aliphatic heterocycles. The van der Waals surface area contributed by atoms with Crippen molar-refractivity contribution < 1.29 is 8.42 Å². The Bertz CT molecular complexity index is 278. The molecule has 0 aromatic carbocycles. The fourth-order valence-corrected chi connectivity index (χ4v) is 3.11. The van der Waals surface area contributed by atoms with E-state index in [4.69, 9.17) is 5.73 Å². The average Bonchev–Trinajstić information content (AvgIpc) is 2.52. The Balaban J connectivity index is 2.65. The van der Waals surface area contributed by atoms with E-state index in [1.54, 1.807) is 7.05 Å². The van der Waals surface area contributed by atoms with E-state index in [0.29, 0.717) is 19.6 Å². The summed E-state index contributed by atoms with van der Waals surface area (Å²) < 4.78 is 26.6. The van der Waals surface area contributed by atoms with Crippen molar-refractivity contribution in [1.82, 2.24) is 8.61 Å². The van der Waals surface area contributed by atoms with Gasteiger partial charge in [0.1, 0.15) is 0 Å². The third kappa shape index (κ3) is 2.44. The monoisotopic (exact) mass is 221 g/mol. The second kappa shape index (κ2) is 4.57. The molecule has 0 spiro atoms. The Kier molecular flexibility index (Phi) is 3.88. The molecule has 84 valence electrons. The van der Waals surface area contributed by atoms with E-state index >= 15 is 0 Å². The maximum Gasteiger partial charge on any atom is 0.281 e. The van der Waals surface area contributed by atoms with E-state index in [1.807, 2.05) is 6.92 Å². The van der Waals surface area contributed by atoms with Crippen LogP contribution in [0.15, 0.2) is 0 Å². The van der Waals surface area contributed by atoms with Crippen LogP contribution >= 0.6 is 0 Å². The van der Waals surface area contributed by atoms with Crippen LogP contribution in [0.3, 0.4) is 0 Å². The standard InChI is InChI=1S/C8H19N3O2S/c1-3-5-10(2)14(12,13)11-6-4-8(9)7-11/h8H,3-7,9H2,1-2H3/t8-/m0/s1. The highest BCUT2D eigenvalue weighted by Crippen LogP contribution is 2.14. The fourth-order valence-electron chi connectivity index (χ4n) is 1.59. The molecule has 0 aromatic heterocycles. The van der Waals surface area contributed by atoms with E-state index in [-0.39, 0.29) is 6.04 Å². The van der Waals surface area contributed by atoms with Gasteiger partial charge in [0.15, 0.2) is 0 Å². The lowest BCUT2D eigenvalue weighted by atomic mass is 10.3. The van der Waals surface area contributed by atoms with Crippen LogP contribution in [-0.4, -0.2) is 49.8 Å². The first-order valence-electron chi connectivity index (χ1n) is 4.95. The largest absolute Gasteiger partial charge is 0.326 e. The predicted octanol–water partition coefficient (Wildman–Crippen LogP) is -0.394. The molecule has 1 fully saturated rings. The Morgan fingerprint density at radius 1 is 1.57 bits per heavy atom. The van der Waals surface area contributed by atoms with Crippen LogP contribution in [0.5, 0.6) is 0 Å². The van der Waals surface area contributed by atoms with Gasteiger partial charge in [0.05, 0.1) is 0 Å². The summed E-state index contributed by atoms with van der Waals surface area (Å²) in [5.74, 6) is 0. The summed E-state index contributed by atoms with van der Waals surface area (Å²) in [6.45, 7) is 3.53. The Morgan fingerprint density at radius 3 is 2.64 bits per heavy atom. The van der Waals surface area contributed by atoms with Crippen molar-refractivity contribution in [2.75, 3.05) is 26.7 Å². The molecule has 2 N–H and O–H groups in total. The quantitative estimate of drug-likeness (QED) is 0.703. The third-order valence-electron chi connectivity index (χ3n) is 2.45. The summed E-state index contributed by atoms with van der Waals surface area (Å²) in [4.78, 5) is 0. The molecule has 0 bridgehead atoms. The van der Waals surface area contributed by atoms with E-state index in [2.05, 4.69) is 0 Å². The molecule has 0 radical (unpaired) electrons. The molecule has 0 unspecified atom stereocenters. The van der Waals surface area contributed by atoms with Crippen molar-refractivity contribution in [2.24, 2.45) is 5.73 Å². The first-order valence-corrected chi connectivity index (χ1v) is 6.35. The number of rotatable bonds is 4. The van der Waals surface area contributed by atoms with Crippen LogP contribution in [0, 0.1) is 0 Å².